The number of ether oxygens (including phenoxy) is 1. The van der Waals surface area contributed by atoms with Crippen LogP contribution in [-0.4, -0.2) is 18.2 Å². The molecule has 2 heterocycles. The summed E-state index contributed by atoms with van der Waals surface area (Å²) in [5.41, 5.74) is 7.39. The molecule has 1 aromatic heterocycles. The predicted octanol–water partition coefficient (Wildman–Crippen LogP) is 1.56. The van der Waals surface area contributed by atoms with E-state index in [-0.39, 0.29) is 0 Å². The van der Waals surface area contributed by atoms with Gasteiger partial charge in [-0.25, -0.2) is 0 Å². The molecule has 1 saturated heterocycles. The number of pyridine rings is 1. The molecule has 0 saturated carbocycles. The van der Waals surface area contributed by atoms with Crippen molar-refractivity contribution in [3.63, 3.8) is 0 Å². The van der Waals surface area contributed by atoms with Crippen molar-refractivity contribution >= 4 is 5.69 Å². The molecule has 0 radical (unpaired) electrons. The maximum absolute atomic E-state index is 5.56. The van der Waals surface area contributed by atoms with Gasteiger partial charge in [0.1, 0.15) is 0 Å². The van der Waals surface area contributed by atoms with E-state index in [1.54, 1.807) is 6.20 Å². The summed E-state index contributed by atoms with van der Waals surface area (Å²) in [6, 6.07) is 3.89. The van der Waals surface area contributed by atoms with E-state index in [0.717, 1.165) is 31.0 Å². The molecule has 3 heteroatoms. The predicted molar refractivity (Wildman–Crippen MR) is 51.4 cm³/mol. The average Bonchev–Trinajstić information content (AvgIpc) is 2.20. The van der Waals surface area contributed by atoms with E-state index in [9.17, 15) is 0 Å². The Bertz CT molecular complexity index is 265. The number of anilines is 1. The zero-order chi connectivity index (χ0) is 9.10. The maximum Gasteiger partial charge on any atom is 0.0549 e. The van der Waals surface area contributed by atoms with Crippen LogP contribution >= 0.6 is 0 Å². The van der Waals surface area contributed by atoms with Crippen molar-refractivity contribution in [2.45, 2.75) is 18.8 Å². The fraction of sp³-hybridized carbons (Fsp3) is 0.500. The number of hydrogen-bond donors (Lipinski definition) is 1. The molecule has 1 aliphatic heterocycles. The van der Waals surface area contributed by atoms with E-state index in [2.05, 4.69) is 4.98 Å². The van der Waals surface area contributed by atoms with Gasteiger partial charge in [0.25, 0.3) is 0 Å². The average molecular weight is 178 g/mol. The molecule has 1 aliphatic rings. The zero-order valence-corrected chi connectivity index (χ0v) is 7.57. The number of rotatable bonds is 1. The largest absolute Gasteiger partial charge is 0.397 e. The van der Waals surface area contributed by atoms with Crippen molar-refractivity contribution in [2.75, 3.05) is 18.9 Å². The maximum atomic E-state index is 5.56. The van der Waals surface area contributed by atoms with Crippen LogP contribution in [0.1, 0.15) is 24.5 Å². The summed E-state index contributed by atoms with van der Waals surface area (Å²) >= 11 is 0. The normalized spacial score (nSPS) is 22.9. The van der Waals surface area contributed by atoms with E-state index < -0.39 is 0 Å². The molecule has 0 aromatic carbocycles. The molecule has 1 aromatic rings. The summed E-state index contributed by atoms with van der Waals surface area (Å²) in [4.78, 5) is 4.30. The molecule has 1 unspecified atom stereocenters. The highest BCUT2D eigenvalue weighted by Gasteiger charge is 2.16. The minimum Gasteiger partial charge on any atom is -0.397 e. The van der Waals surface area contributed by atoms with Gasteiger partial charge in [-0.1, -0.05) is 0 Å². The Hall–Kier alpha value is -1.09. The molecule has 70 valence electrons. The van der Waals surface area contributed by atoms with E-state index >= 15 is 0 Å². The lowest BCUT2D eigenvalue weighted by molar-refractivity contribution is 0.0793. The van der Waals surface area contributed by atoms with Gasteiger partial charge >= 0.3 is 0 Å². The SMILES string of the molecule is Nc1ccc(C2CCCOC2)nc1. The van der Waals surface area contributed by atoms with Crippen LogP contribution in [0.2, 0.25) is 0 Å². The first-order chi connectivity index (χ1) is 6.36. The van der Waals surface area contributed by atoms with E-state index in [1.807, 2.05) is 12.1 Å². The highest BCUT2D eigenvalue weighted by molar-refractivity contribution is 5.35. The highest BCUT2D eigenvalue weighted by Crippen LogP contribution is 2.23. The fourth-order valence-corrected chi connectivity index (χ4v) is 1.63. The van der Waals surface area contributed by atoms with Crippen molar-refractivity contribution in [1.82, 2.24) is 4.98 Å². The van der Waals surface area contributed by atoms with Gasteiger partial charge in [0.2, 0.25) is 0 Å². The monoisotopic (exact) mass is 178 g/mol. The van der Waals surface area contributed by atoms with Gasteiger partial charge in [-0.05, 0) is 25.0 Å². The fourth-order valence-electron chi connectivity index (χ4n) is 1.63. The minimum absolute atomic E-state index is 0.467. The third-order valence-electron chi connectivity index (χ3n) is 2.39. The van der Waals surface area contributed by atoms with Crippen LogP contribution < -0.4 is 5.73 Å². The standard InChI is InChI=1S/C10H14N2O/c11-9-3-4-10(12-6-9)8-2-1-5-13-7-8/h3-4,6,8H,1-2,5,7,11H2. The number of nitrogens with two attached hydrogens (primary N) is 1. The second-order valence-corrected chi connectivity index (χ2v) is 3.43. The summed E-state index contributed by atoms with van der Waals surface area (Å²) in [5, 5.41) is 0. The van der Waals surface area contributed by atoms with Gasteiger partial charge < -0.3 is 10.5 Å². The molecule has 0 aliphatic carbocycles. The summed E-state index contributed by atoms with van der Waals surface area (Å²) in [6.07, 6.45) is 4.03. The number of hydrogen-bond acceptors (Lipinski definition) is 3. The first-order valence-corrected chi connectivity index (χ1v) is 4.65. The van der Waals surface area contributed by atoms with Crippen LogP contribution in [0, 0.1) is 0 Å². The van der Waals surface area contributed by atoms with Crippen LogP contribution in [-0.2, 0) is 4.74 Å². The molecule has 13 heavy (non-hydrogen) atoms. The van der Waals surface area contributed by atoms with Crippen LogP contribution in [0.3, 0.4) is 0 Å². The van der Waals surface area contributed by atoms with E-state index in [4.69, 9.17) is 10.5 Å². The molecule has 2 N–H and O–H groups in total. The van der Waals surface area contributed by atoms with Gasteiger partial charge in [-0.2, -0.15) is 0 Å². The lowest BCUT2D eigenvalue weighted by Gasteiger charge is -2.21. The third kappa shape index (κ3) is 1.98. The molecular weight excluding hydrogens is 164 g/mol. The quantitative estimate of drug-likeness (QED) is 0.710. The zero-order valence-electron chi connectivity index (χ0n) is 7.57. The highest BCUT2D eigenvalue weighted by atomic mass is 16.5. The van der Waals surface area contributed by atoms with Crippen molar-refractivity contribution in [3.05, 3.63) is 24.0 Å². The second kappa shape index (κ2) is 3.75. The number of aromatic nitrogens is 1. The molecule has 2 rings (SSSR count). The Morgan fingerprint density at radius 2 is 2.38 bits per heavy atom. The summed E-state index contributed by atoms with van der Waals surface area (Å²) in [7, 11) is 0. The van der Waals surface area contributed by atoms with Gasteiger partial charge in [-0.3, -0.25) is 4.98 Å². The van der Waals surface area contributed by atoms with E-state index in [1.165, 1.54) is 6.42 Å². The van der Waals surface area contributed by atoms with Crippen molar-refractivity contribution in [2.24, 2.45) is 0 Å². The molecule has 0 amide bonds. The van der Waals surface area contributed by atoms with Crippen LogP contribution in [0.15, 0.2) is 18.3 Å². The van der Waals surface area contributed by atoms with E-state index in [0.29, 0.717) is 5.92 Å². The van der Waals surface area contributed by atoms with Crippen molar-refractivity contribution < 1.29 is 4.74 Å². The summed E-state index contributed by atoms with van der Waals surface area (Å²) in [6.45, 7) is 1.70. The van der Waals surface area contributed by atoms with Gasteiger partial charge in [-0.15, -0.1) is 0 Å². The minimum atomic E-state index is 0.467. The second-order valence-electron chi connectivity index (χ2n) is 3.43. The van der Waals surface area contributed by atoms with Crippen LogP contribution in [0.25, 0.3) is 0 Å². The van der Waals surface area contributed by atoms with Gasteiger partial charge in [0, 0.05) is 18.2 Å². The molecule has 0 spiro atoms. The topological polar surface area (TPSA) is 48.1 Å². The first kappa shape index (κ1) is 8.51. The molecule has 0 bridgehead atoms. The number of nitrogens with zero attached hydrogens (tertiary/aromatic N) is 1. The smallest absolute Gasteiger partial charge is 0.0549 e. The van der Waals surface area contributed by atoms with Crippen LogP contribution in [0.4, 0.5) is 5.69 Å². The number of nitrogen functional groups attached to an aromatic ring is 1. The van der Waals surface area contributed by atoms with Crippen LogP contribution in [0.5, 0.6) is 0 Å². The van der Waals surface area contributed by atoms with Crippen molar-refractivity contribution in [1.29, 1.82) is 0 Å². The lowest BCUT2D eigenvalue weighted by atomic mass is 9.98. The molecule has 3 nitrogen and oxygen atoms in total. The Morgan fingerprint density at radius 3 is 3.00 bits per heavy atom. The molecular formula is C10H14N2O. The summed E-state index contributed by atoms with van der Waals surface area (Å²) in [5.74, 6) is 0.467. The molecule has 1 fully saturated rings. The first-order valence-electron chi connectivity index (χ1n) is 4.65. The Morgan fingerprint density at radius 1 is 1.46 bits per heavy atom. The molecule has 1 atom stereocenters. The van der Waals surface area contributed by atoms with Crippen molar-refractivity contribution in [3.8, 4) is 0 Å². The third-order valence-corrected chi connectivity index (χ3v) is 2.39. The lowest BCUT2D eigenvalue weighted by Crippen LogP contribution is -2.16. The Labute approximate surface area is 77.9 Å². The Balaban J connectivity index is 2.10. The Kier molecular flexibility index (Phi) is 2.45. The van der Waals surface area contributed by atoms with Gasteiger partial charge in [0.15, 0.2) is 0 Å². The summed E-state index contributed by atoms with van der Waals surface area (Å²) < 4.78 is 5.40. The van der Waals surface area contributed by atoms with Gasteiger partial charge in [0.05, 0.1) is 18.5 Å².